The maximum Gasteiger partial charge on any atom is 0.336 e. The first-order valence-electron chi connectivity index (χ1n) is 12.2. The molecule has 3 heterocycles. The Balaban J connectivity index is 1.36. The Morgan fingerprint density at radius 2 is 1.69 bits per heavy atom. The number of nitrogens with one attached hydrogen (secondary N) is 1. The topological polar surface area (TPSA) is 85.8 Å². The molecular formula is C27H29ClN4O3. The molecule has 0 saturated carbocycles. The predicted molar refractivity (Wildman–Crippen MR) is 139 cm³/mol. The van der Waals surface area contributed by atoms with E-state index in [1.54, 1.807) is 48.5 Å². The van der Waals surface area contributed by atoms with Crippen molar-refractivity contribution in [3.63, 3.8) is 0 Å². The van der Waals surface area contributed by atoms with Crippen LogP contribution in [0.25, 0.3) is 10.9 Å². The summed E-state index contributed by atoms with van der Waals surface area (Å²) in [6.07, 6.45) is 6.04. The van der Waals surface area contributed by atoms with Crippen molar-refractivity contribution in [2.75, 3.05) is 36.4 Å². The zero-order valence-corrected chi connectivity index (χ0v) is 20.3. The van der Waals surface area contributed by atoms with Crippen molar-refractivity contribution >= 4 is 45.9 Å². The van der Waals surface area contributed by atoms with E-state index in [1.165, 1.54) is 32.4 Å². The van der Waals surface area contributed by atoms with Crippen molar-refractivity contribution in [3.05, 3.63) is 64.7 Å². The van der Waals surface area contributed by atoms with Gasteiger partial charge in [-0.3, -0.25) is 4.79 Å². The molecule has 182 valence electrons. The van der Waals surface area contributed by atoms with Gasteiger partial charge in [-0.05, 0) is 75.2 Å². The summed E-state index contributed by atoms with van der Waals surface area (Å²) in [6, 6.07) is 14.2. The number of nitrogens with zero attached hydrogens (tertiary/aromatic N) is 3. The third-order valence-corrected chi connectivity index (χ3v) is 7.43. The van der Waals surface area contributed by atoms with Crippen molar-refractivity contribution in [3.8, 4) is 0 Å². The number of carboxylic acids is 1. The molecule has 2 aliphatic heterocycles. The lowest BCUT2D eigenvalue weighted by Crippen LogP contribution is -2.47. The zero-order valence-electron chi connectivity index (χ0n) is 19.5. The molecule has 1 aromatic heterocycles. The minimum Gasteiger partial charge on any atom is -0.478 e. The summed E-state index contributed by atoms with van der Waals surface area (Å²) >= 11 is 6.14. The van der Waals surface area contributed by atoms with Crippen molar-refractivity contribution in [2.24, 2.45) is 0 Å². The van der Waals surface area contributed by atoms with Gasteiger partial charge in [-0.25, -0.2) is 9.78 Å². The zero-order chi connectivity index (χ0) is 24.4. The molecule has 2 N–H and O–H groups in total. The van der Waals surface area contributed by atoms with Gasteiger partial charge in [-0.2, -0.15) is 0 Å². The summed E-state index contributed by atoms with van der Waals surface area (Å²) in [6.45, 7) is 4.12. The largest absolute Gasteiger partial charge is 0.478 e. The Kier molecular flexibility index (Phi) is 6.88. The number of hydrogen-bond donors (Lipinski definition) is 2. The van der Waals surface area contributed by atoms with Gasteiger partial charge in [0.2, 0.25) is 0 Å². The van der Waals surface area contributed by atoms with Crippen molar-refractivity contribution in [2.45, 2.75) is 38.1 Å². The highest BCUT2D eigenvalue weighted by atomic mass is 35.5. The highest BCUT2D eigenvalue weighted by Crippen LogP contribution is 2.29. The monoisotopic (exact) mass is 492 g/mol. The van der Waals surface area contributed by atoms with Gasteiger partial charge in [-0.1, -0.05) is 30.2 Å². The van der Waals surface area contributed by atoms with Crippen LogP contribution in [0.15, 0.2) is 48.5 Å². The van der Waals surface area contributed by atoms with Crippen LogP contribution in [0.4, 0.5) is 11.5 Å². The van der Waals surface area contributed by atoms with Crippen LogP contribution in [0.3, 0.4) is 0 Å². The fraction of sp³-hybridized carbons (Fsp3) is 0.370. The first kappa shape index (κ1) is 23.6. The molecule has 1 amide bonds. The number of rotatable bonds is 5. The number of anilines is 2. The molecule has 2 aromatic carbocycles. The number of hydrogen-bond acceptors (Lipinski definition) is 5. The van der Waals surface area contributed by atoms with Gasteiger partial charge in [0.25, 0.3) is 5.91 Å². The van der Waals surface area contributed by atoms with Crippen LogP contribution >= 0.6 is 11.6 Å². The van der Waals surface area contributed by atoms with Gasteiger partial charge in [-0.15, -0.1) is 0 Å². The van der Waals surface area contributed by atoms with Gasteiger partial charge < -0.3 is 20.2 Å². The fourth-order valence-corrected chi connectivity index (χ4v) is 5.44. The van der Waals surface area contributed by atoms with E-state index in [0.717, 1.165) is 25.9 Å². The maximum atomic E-state index is 12.7. The van der Waals surface area contributed by atoms with E-state index >= 15 is 0 Å². The highest BCUT2D eigenvalue weighted by Gasteiger charge is 2.27. The smallest absolute Gasteiger partial charge is 0.336 e. The van der Waals surface area contributed by atoms with Gasteiger partial charge in [0, 0.05) is 30.2 Å². The summed E-state index contributed by atoms with van der Waals surface area (Å²) in [4.78, 5) is 34.4. The lowest BCUT2D eigenvalue weighted by atomic mass is 9.99. The number of likely N-dealkylation sites (tertiary alicyclic amines) is 1. The molecule has 5 rings (SSSR count). The molecule has 0 atom stereocenters. The average molecular weight is 493 g/mol. The minimum atomic E-state index is -1.02. The second-order valence-corrected chi connectivity index (χ2v) is 9.72. The van der Waals surface area contributed by atoms with Crippen molar-refractivity contribution in [1.82, 2.24) is 9.88 Å². The van der Waals surface area contributed by atoms with Crippen LogP contribution in [0.2, 0.25) is 5.02 Å². The quantitative estimate of drug-likeness (QED) is 0.503. The molecule has 2 aliphatic rings. The van der Waals surface area contributed by atoms with E-state index in [-0.39, 0.29) is 11.5 Å². The second kappa shape index (κ2) is 10.2. The SMILES string of the molecule is O=C(Nc1ccc2nc(N3CCC(N4CCCCC4)CC3)cc(C(=O)O)c2c1)c1ccccc1Cl. The maximum absolute atomic E-state index is 12.7. The third kappa shape index (κ3) is 5.11. The van der Waals surface area contributed by atoms with Crippen LogP contribution in [-0.4, -0.2) is 59.1 Å². The molecule has 2 fully saturated rings. The molecule has 7 nitrogen and oxygen atoms in total. The van der Waals surface area contributed by atoms with Gasteiger partial charge >= 0.3 is 5.97 Å². The third-order valence-electron chi connectivity index (χ3n) is 7.10. The number of carbonyl (C=O) groups is 2. The molecule has 2 saturated heterocycles. The molecule has 0 bridgehead atoms. The number of aromatic nitrogens is 1. The first-order valence-corrected chi connectivity index (χ1v) is 12.6. The second-order valence-electron chi connectivity index (χ2n) is 9.31. The molecule has 8 heteroatoms. The standard InChI is InChI=1S/C27H29ClN4O3/c28-23-7-3-2-6-20(23)26(33)29-18-8-9-24-21(16-18)22(27(34)35)17-25(30-24)32-14-10-19(11-15-32)31-12-4-1-5-13-31/h2-3,6-9,16-17,19H,1,4-5,10-15H2,(H,29,33)(H,34,35). The Morgan fingerprint density at radius 3 is 2.40 bits per heavy atom. The number of pyridine rings is 1. The Morgan fingerprint density at radius 1 is 0.943 bits per heavy atom. The van der Waals surface area contributed by atoms with Crippen molar-refractivity contribution < 1.29 is 14.7 Å². The lowest BCUT2D eigenvalue weighted by Gasteiger charge is -2.40. The van der Waals surface area contributed by atoms with Gasteiger partial charge in [0.15, 0.2) is 0 Å². The van der Waals surface area contributed by atoms with Gasteiger partial charge in [0.1, 0.15) is 5.82 Å². The van der Waals surface area contributed by atoms with E-state index in [4.69, 9.17) is 16.6 Å². The van der Waals surface area contributed by atoms with Gasteiger partial charge in [0.05, 0.1) is 21.7 Å². The van der Waals surface area contributed by atoms with Crippen LogP contribution in [0.1, 0.15) is 52.8 Å². The Labute approximate surface area is 209 Å². The van der Waals surface area contributed by atoms with E-state index in [2.05, 4.69) is 15.1 Å². The molecule has 0 radical (unpaired) electrons. The van der Waals surface area contributed by atoms with Crippen LogP contribution in [-0.2, 0) is 0 Å². The number of amides is 1. The van der Waals surface area contributed by atoms with Crippen molar-refractivity contribution in [1.29, 1.82) is 0 Å². The van der Waals surface area contributed by atoms with Crippen LogP contribution in [0.5, 0.6) is 0 Å². The normalized spacial score (nSPS) is 17.5. The average Bonchev–Trinajstić information content (AvgIpc) is 2.89. The summed E-state index contributed by atoms with van der Waals surface area (Å²) in [5, 5.41) is 13.6. The van der Waals surface area contributed by atoms with E-state index < -0.39 is 5.97 Å². The minimum absolute atomic E-state index is 0.178. The van der Waals surface area contributed by atoms with Crippen LogP contribution < -0.4 is 10.2 Å². The van der Waals surface area contributed by atoms with E-state index in [9.17, 15) is 14.7 Å². The number of fused-ring (bicyclic) bond motifs is 1. The number of benzene rings is 2. The molecule has 3 aromatic rings. The molecule has 35 heavy (non-hydrogen) atoms. The fourth-order valence-electron chi connectivity index (χ4n) is 5.22. The number of piperidine rings is 2. The molecule has 0 aliphatic carbocycles. The lowest BCUT2D eigenvalue weighted by molar-refractivity contribution is 0.0698. The summed E-state index contributed by atoms with van der Waals surface area (Å²) in [7, 11) is 0. The number of halogens is 1. The molecule has 0 unspecified atom stereocenters. The summed E-state index contributed by atoms with van der Waals surface area (Å²) < 4.78 is 0. The predicted octanol–water partition coefficient (Wildman–Crippen LogP) is 5.29. The number of carbonyl (C=O) groups excluding carboxylic acids is 1. The summed E-state index contributed by atoms with van der Waals surface area (Å²) in [5.41, 5.74) is 1.61. The highest BCUT2D eigenvalue weighted by molar-refractivity contribution is 6.34. The molecular weight excluding hydrogens is 464 g/mol. The molecule has 0 spiro atoms. The van der Waals surface area contributed by atoms with E-state index in [0.29, 0.717) is 39.0 Å². The Bertz CT molecular complexity index is 1250. The van der Waals surface area contributed by atoms with Crippen LogP contribution in [0, 0.1) is 0 Å². The number of aromatic carboxylic acids is 1. The Hall–Kier alpha value is -3.16. The van der Waals surface area contributed by atoms with E-state index in [1.807, 2.05) is 0 Å². The summed E-state index contributed by atoms with van der Waals surface area (Å²) in [5.74, 6) is -0.677. The first-order chi connectivity index (χ1) is 17.0. The number of carboxylic acid groups (broad SMARTS) is 1.